The predicted octanol–water partition coefficient (Wildman–Crippen LogP) is 38.2. The standard InChI is InChI=1S/C75H58N4O4.C63H54O3.18H2/c1-6-9-11-13-15-17-19-21-41-81-61-37-39-64-66(47-61)70(63-38-36-62(82-42-22-20-18-16-14-12-10-7-2)48-67(63)71(64)60-45-59-35-30-52-25-23-40-76-72(52)73(59)77-50-60)58-34-32-54-43-56(33-31-55(54)44-58)65-46-57(24-8-3)69(80-5)49-68(65)75-79-78-74(83-75)53-28-26-51(4)27-29-53;1-5-8-10-12-14-19-39-64-56-36-38-59-60(43-56)62(51-29-27-50(28-30-51)49-21-17-16-18-22-49)58-37-35-57(65-40-20-15-13-11-9-6-2)44-61(58)63(59)54-32-31-53-42-55(34-33-52(53)41-54)66-45-47-23-25-48(26-24-47)46(4)7-3;;;;;;;;;;;;;;;;;;/h2,8,23-40,43-50H,6,9,11,13,15,17,19,21,41H2,1,3-5H3;1,16-18,21-38,41-44,46H,6-7,9,11,13,15,20,40,45H2,2-4H3;18*1H/b24-8+;;;;;;;;;;;;;;;;;;;. The van der Waals surface area contributed by atoms with E-state index in [1.807, 2.05) is 86.1 Å². The first-order chi connectivity index (χ1) is 73.4. The monoisotopic (exact) mass is 1970 g/mol. The number of pyridine rings is 2. The van der Waals surface area contributed by atoms with E-state index in [-0.39, 0.29) is 25.7 Å². The van der Waals surface area contributed by atoms with Crippen molar-refractivity contribution in [2.45, 2.75) is 150 Å². The van der Waals surface area contributed by atoms with Crippen molar-refractivity contribution in [1.82, 2.24) is 20.2 Å². The first-order valence-corrected chi connectivity index (χ1v) is 51.4. The molecule has 0 fully saturated rings. The summed E-state index contributed by atoms with van der Waals surface area (Å²) in [4.78, 5) is 9.86. The van der Waals surface area contributed by atoms with Gasteiger partial charge in [-0.15, -0.1) is 23.0 Å². The highest BCUT2D eigenvalue weighted by Crippen LogP contribution is 2.51. The quantitative estimate of drug-likeness (QED) is 0.0163. The topological polar surface area (TPSA) is 120 Å². The van der Waals surface area contributed by atoms with Gasteiger partial charge in [0.2, 0.25) is 11.8 Å². The second-order valence-corrected chi connectivity index (χ2v) is 37.1. The van der Waals surface area contributed by atoms with Crippen molar-refractivity contribution in [3.63, 3.8) is 0 Å². The Morgan fingerprint density at radius 2 is 0.799 bits per heavy atom. The van der Waals surface area contributed by atoms with Gasteiger partial charge in [-0.1, -0.05) is 286 Å². The Labute approximate surface area is 901 Å². The van der Waals surface area contributed by atoms with Crippen LogP contribution in [0.3, 0.4) is 0 Å². The molecule has 0 amide bonds. The minimum absolute atomic E-state index is 0. The van der Waals surface area contributed by atoms with E-state index >= 15 is 0 Å². The van der Waals surface area contributed by atoms with Crippen LogP contribution in [0, 0.1) is 115 Å². The third-order valence-corrected chi connectivity index (χ3v) is 27.1. The van der Waals surface area contributed by atoms with Crippen LogP contribution in [0.5, 0.6) is 34.5 Å². The predicted molar refractivity (Wildman–Crippen MR) is 654 cm³/mol. The molecule has 16 aromatic carbocycles. The highest BCUT2D eigenvalue weighted by molar-refractivity contribution is 6.24. The molecule has 0 bridgehead atoms. The summed E-state index contributed by atoms with van der Waals surface area (Å²) in [5, 5.41) is 23.8. The summed E-state index contributed by atoms with van der Waals surface area (Å²) in [7, 11) is 1.68. The molecule has 0 N–H and O–H groups in total. The fourth-order valence-corrected chi connectivity index (χ4v) is 19.3. The second kappa shape index (κ2) is 49.7. The Bertz CT molecular complexity index is 8900. The number of rotatable bonds is 35. The molecule has 1 atom stereocenters. The van der Waals surface area contributed by atoms with Crippen LogP contribution in [0.1, 0.15) is 185 Å². The number of methoxy groups -OCH3 is 1. The third-order valence-electron chi connectivity index (χ3n) is 27.1. The summed E-state index contributed by atoms with van der Waals surface area (Å²) < 4.78 is 44.0. The summed E-state index contributed by atoms with van der Waals surface area (Å²) in [5.74, 6) is 41.7. The van der Waals surface area contributed by atoms with Gasteiger partial charge in [0.25, 0.3) is 0 Å². The van der Waals surface area contributed by atoms with Gasteiger partial charge in [0.1, 0.15) is 53.3 Å². The lowest BCUT2D eigenvalue weighted by molar-refractivity contribution is 0.304. The largest absolute Gasteiger partial charge is 0.496 e. The van der Waals surface area contributed by atoms with Gasteiger partial charge in [-0.2, -0.15) is 0 Å². The van der Waals surface area contributed by atoms with Crippen LogP contribution in [0.15, 0.2) is 314 Å². The van der Waals surface area contributed by atoms with Crippen molar-refractivity contribution in [3.8, 4) is 232 Å². The molecule has 0 radical (unpaired) electrons. The van der Waals surface area contributed by atoms with Crippen LogP contribution in [0.2, 0.25) is 0 Å². The Kier molecular flexibility index (Phi) is 33.6. The first-order valence-electron chi connectivity index (χ1n) is 51.4. The Morgan fingerprint density at radius 3 is 1.36 bits per heavy atom. The smallest absolute Gasteiger partial charge is 0.248 e. The van der Waals surface area contributed by atoms with Gasteiger partial charge in [-0.05, 0) is 345 Å². The van der Waals surface area contributed by atoms with Crippen molar-refractivity contribution >= 4 is 92.5 Å². The molecule has 1 unspecified atom stereocenters. The van der Waals surface area contributed by atoms with Crippen LogP contribution in [0.4, 0.5) is 0 Å². The van der Waals surface area contributed by atoms with Crippen LogP contribution in [-0.4, -0.2) is 40.5 Å². The number of hydrogen-bond donors (Lipinski definition) is 0. The van der Waals surface area contributed by atoms with Gasteiger partial charge in [0.15, 0.2) is 0 Å². The van der Waals surface area contributed by atoms with Crippen molar-refractivity contribution in [3.05, 3.63) is 332 Å². The zero-order valence-electron chi connectivity index (χ0n) is 85.1. The number of ether oxygens (including phenoxy) is 6. The van der Waals surface area contributed by atoms with Gasteiger partial charge < -0.3 is 32.8 Å². The van der Waals surface area contributed by atoms with Crippen LogP contribution in [-0.2, 0) is 6.61 Å². The van der Waals surface area contributed by atoms with Crippen molar-refractivity contribution in [2.75, 3.05) is 20.3 Å². The maximum absolute atomic E-state index is 6.64. The molecular formula is C138H148N4O7. The zero-order valence-corrected chi connectivity index (χ0v) is 85.1. The van der Waals surface area contributed by atoms with Gasteiger partial charge in [-0.3, -0.25) is 9.97 Å². The van der Waals surface area contributed by atoms with E-state index in [0.29, 0.717) is 54.8 Å². The van der Waals surface area contributed by atoms with E-state index in [0.717, 1.165) is 218 Å². The van der Waals surface area contributed by atoms with Crippen molar-refractivity contribution in [1.29, 1.82) is 0 Å². The highest BCUT2D eigenvalue weighted by Gasteiger charge is 2.26. The third kappa shape index (κ3) is 24.5. The fraction of sp³-hybridized carbons (Fsp3) is 0.188. The van der Waals surface area contributed by atoms with Crippen LogP contribution < -0.4 is 28.4 Å². The zero-order chi connectivity index (χ0) is 102. The summed E-state index contributed by atoms with van der Waals surface area (Å²) in [5.41, 5.74) is 20.6. The molecule has 3 heterocycles. The second-order valence-electron chi connectivity index (χ2n) is 37.1. The average Bonchev–Trinajstić information content (AvgIpc) is 1.06. The lowest BCUT2D eigenvalue weighted by atomic mass is 9.85. The van der Waals surface area contributed by atoms with Crippen molar-refractivity contribution in [2.24, 2.45) is 0 Å². The van der Waals surface area contributed by atoms with E-state index in [1.165, 1.54) is 81.8 Å². The van der Waals surface area contributed by atoms with Gasteiger partial charge in [-0.25, -0.2) is 0 Å². The van der Waals surface area contributed by atoms with Crippen molar-refractivity contribution < 1.29 is 58.5 Å². The maximum Gasteiger partial charge on any atom is 0.248 e. The number of aryl methyl sites for hydroxylation is 1. The summed E-state index contributed by atoms with van der Waals surface area (Å²) >= 11 is 0. The molecule has 762 valence electrons. The minimum Gasteiger partial charge on any atom is -0.496 e. The highest BCUT2D eigenvalue weighted by atomic mass is 16.5. The molecule has 0 saturated heterocycles. The molecule has 3 aromatic heterocycles. The van der Waals surface area contributed by atoms with E-state index < -0.39 is 0 Å². The minimum atomic E-state index is 0. The van der Waals surface area contributed by atoms with E-state index in [1.54, 1.807) is 7.11 Å². The number of hydrogen-bond acceptors (Lipinski definition) is 11. The molecule has 149 heavy (non-hydrogen) atoms. The number of unbranched alkanes of at least 4 members (excludes halogenated alkanes) is 12. The number of aromatic nitrogens is 4. The van der Waals surface area contributed by atoms with E-state index in [4.69, 9.17) is 55.7 Å². The average molecular weight is 1970 g/mol. The first kappa shape index (κ1) is 101. The normalized spacial score (nSPS) is 11.0. The molecule has 0 aliphatic rings. The molecule has 0 aliphatic heterocycles. The molecule has 19 rings (SSSR count). The molecule has 0 aliphatic carbocycles. The Balaban J connectivity index is 0.00000304. The molecule has 19 aromatic rings. The van der Waals surface area contributed by atoms with Gasteiger partial charge in [0.05, 0.1) is 36.9 Å². The number of nitrogens with zero attached hydrogens (tertiary/aromatic N) is 4. The summed E-state index contributed by atoms with van der Waals surface area (Å²) in [6, 6.07) is 102. The Hall–Kier alpha value is -18.4. The molecule has 11 nitrogen and oxygen atoms in total. The lowest BCUT2D eigenvalue weighted by Gasteiger charge is -2.20. The van der Waals surface area contributed by atoms with E-state index in [2.05, 4.69) is 377 Å². The lowest BCUT2D eigenvalue weighted by Crippen LogP contribution is -1.98. The van der Waals surface area contributed by atoms with Crippen LogP contribution >= 0.6 is 0 Å². The summed E-state index contributed by atoms with van der Waals surface area (Å²) in [6.45, 7) is 14.9. The van der Waals surface area contributed by atoms with Gasteiger partial charge in [0, 0.05) is 107 Å². The fourth-order valence-electron chi connectivity index (χ4n) is 19.3. The molecule has 11 heteroatoms. The van der Waals surface area contributed by atoms with E-state index in [9.17, 15) is 0 Å². The maximum atomic E-state index is 6.64. The van der Waals surface area contributed by atoms with Gasteiger partial charge >= 0.3 is 0 Å². The summed E-state index contributed by atoms with van der Waals surface area (Å²) in [6.07, 6.45) is 41.9. The molecular weight excluding hydrogens is 1830 g/mol. The number of terminal acetylenes is 2. The number of benzene rings is 16. The molecule has 0 spiro atoms. The molecule has 0 saturated carbocycles. The Morgan fingerprint density at radius 1 is 0.356 bits per heavy atom. The SMILES string of the molecule is C#CC#CC#CC#CC#COc1ccc2c(-c3ccc4cc(-c5cc(/C=C/C)c(OC)cc5-c5nnc(-c6ccc(C)cc6)o5)ccc4c3)c3cc(OCCCCCCCCCC)ccc3c(-c3cnc4c(ccc5cccnc54)c3)c2c1.C#CC#CC#CC#COc1ccc2c(-c3ccc4cc(OCc5ccc(C(C)CC)cc5)ccc4c3)c3cc(OCCCCCCCC)ccc3c(-c3ccc(-c4ccccc4)cc3)c2c1.[HH].[HH].[HH].[HH].[HH].[HH].[HH].[HH].[HH].[HH].[HH].[HH].[HH].[HH].[HH].[HH].[HH].[HH]. The number of fused-ring (bicyclic) bond motifs is 9. The number of allylic oxidation sites excluding steroid dienone is 1. The van der Waals surface area contributed by atoms with Crippen LogP contribution in [0.25, 0.3) is 182 Å².